The molecule has 0 aliphatic carbocycles. The van der Waals surface area contributed by atoms with Crippen molar-refractivity contribution in [1.29, 1.82) is 0 Å². The molecule has 0 spiro atoms. The average Bonchev–Trinajstić information content (AvgIpc) is 2.55. The summed E-state index contributed by atoms with van der Waals surface area (Å²) in [5, 5.41) is 1.87. The van der Waals surface area contributed by atoms with Crippen LogP contribution in [0.15, 0.2) is 60.7 Å². The molecule has 0 bridgehead atoms. The Balaban J connectivity index is 2.27. The Kier molecular flexibility index (Phi) is 4.18. The summed E-state index contributed by atoms with van der Waals surface area (Å²) in [5.74, 6) is 0. The van der Waals surface area contributed by atoms with Gasteiger partial charge in [0.25, 0.3) is 0 Å². The zero-order valence-electron chi connectivity index (χ0n) is 11.8. The monoisotopic (exact) mass is 297 g/mol. The second-order valence-corrected chi connectivity index (χ2v) is 5.46. The van der Waals surface area contributed by atoms with Crippen LogP contribution in [-0.4, -0.2) is 6.54 Å². The Bertz CT molecular complexity index is 754. The van der Waals surface area contributed by atoms with Gasteiger partial charge in [-0.3, -0.25) is 0 Å². The summed E-state index contributed by atoms with van der Waals surface area (Å²) in [6.45, 7) is 1.57. The van der Waals surface area contributed by atoms with Crippen molar-refractivity contribution in [2.24, 2.45) is 5.73 Å². The first kappa shape index (κ1) is 14.1. The number of nitrogens with two attached hydrogens (primary N) is 1. The largest absolute Gasteiger partial charge is 0.330 e. The van der Waals surface area contributed by atoms with Crippen LogP contribution in [0.3, 0.4) is 0 Å². The molecule has 1 aromatic heterocycles. The Labute approximate surface area is 129 Å². The van der Waals surface area contributed by atoms with Crippen molar-refractivity contribution in [3.05, 3.63) is 65.7 Å². The predicted molar refractivity (Wildman–Crippen MR) is 88.3 cm³/mol. The molecule has 0 unspecified atom stereocenters. The molecular weight excluding hydrogens is 280 g/mol. The molecule has 2 N–H and O–H groups in total. The van der Waals surface area contributed by atoms with Gasteiger partial charge in [0, 0.05) is 24.1 Å². The van der Waals surface area contributed by atoms with Gasteiger partial charge in [0.05, 0.1) is 10.4 Å². The molecule has 3 rings (SSSR count). The van der Waals surface area contributed by atoms with Crippen LogP contribution < -0.4 is 10.3 Å². The molecule has 0 saturated heterocycles. The first-order valence-electron chi connectivity index (χ1n) is 7.18. The molecule has 3 heteroatoms. The summed E-state index contributed by atoms with van der Waals surface area (Å²) in [4.78, 5) is 0. The van der Waals surface area contributed by atoms with E-state index in [1.807, 2.05) is 30.3 Å². The minimum absolute atomic E-state index is 0.679. The predicted octanol–water partition coefficient (Wildman–Crippen LogP) is 3.80. The van der Waals surface area contributed by atoms with E-state index in [1.54, 1.807) is 0 Å². The molecule has 0 atom stereocenters. The van der Waals surface area contributed by atoms with E-state index in [4.69, 9.17) is 17.3 Å². The molecule has 1 heterocycles. The van der Waals surface area contributed by atoms with Gasteiger partial charge in [0.15, 0.2) is 6.54 Å². The number of hydrogen-bond acceptors (Lipinski definition) is 1. The van der Waals surface area contributed by atoms with Gasteiger partial charge in [-0.2, -0.15) is 4.57 Å². The summed E-state index contributed by atoms with van der Waals surface area (Å²) in [7, 11) is 0. The molecule has 21 heavy (non-hydrogen) atoms. The van der Waals surface area contributed by atoms with Crippen LogP contribution in [0.2, 0.25) is 5.02 Å². The maximum absolute atomic E-state index is 6.48. The lowest BCUT2D eigenvalue weighted by Gasteiger charge is -2.09. The first-order valence-corrected chi connectivity index (χ1v) is 7.55. The van der Waals surface area contributed by atoms with Crippen molar-refractivity contribution in [3.63, 3.8) is 0 Å². The maximum Gasteiger partial charge on any atom is 0.214 e. The number of aryl methyl sites for hydroxylation is 1. The standard InChI is InChI=1S/C18H18ClN2/c19-16-13-18(14-7-2-1-3-8-14)21(12-6-11-20)17-10-5-4-9-15(16)17/h1-5,7-10,13H,6,11-12,20H2/q+1. The fourth-order valence-corrected chi connectivity index (χ4v) is 2.92. The molecule has 0 amide bonds. The molecule has 0 aliphatic rings. The van der Waals surface area contributed by atoms with Crippen molar-refractivity contribution in [3.8, 4) is 11.3 Å². The van der Waals surface area contributed by atoms with Crippen molar-refractivity contribution in [2.75, 3.05) is 6.54 Å². The molecule has 0 fully saturated rings. The van der Waals surface area contributed by atoms with E-state index < -0.39 is 0 Å². The van der Waals surface area contributed by atoms with Gasteiger partial charge in [-0.1, -0.05) is 41.9 Å². The molecule has 0 radical (unpaired) electrons. The van der Waals surface area contributed by atoms with Crippen LogP contribution in [0.1, 0.15) is 6.42 Å². The van der Waals surface area contributed by atoms with Crippen molar-refractivity contribution in [1.82, 2.24) is 0 Å². The Morgan fingerprint density at radius 3 is 2.43 bits per heavy atom. The summed E-state index contributed by atoms with van der Waals surface area (Å²) in [5.41, 5.74) is 9.15. The summed E-state index contributed by atoms with van der Waals surface area (Å²) in [6, 6.07) is 20.6. The second kappa shape index (κ2) is 6.25. The SMILES string of the molecule is NCCC[n+]1c(-c2ccccc2)cc(Cl)c2ccccc21. The first-order chi connectivity index (χ1) is 10.3. The highest BCUT2D eigenvalue weighted by molar-refractivity contribution is 6.35. The van der Waals surface area contributed by atoms with Crippen molar-refractivity contribution in [2.45, 2.75) is 13.0 Å². The van der Waals surface area contributed by atoms with E-state index in [2.05, 4.69) is 34.9 Å². The molecule has 2 aromatic carbocycles. The van der Waals surface area contributed by atoms with Gasteiger partial charge in [-0.25, -0.2) is 0 Å². The summed E-state index contributed by atoms with van der Waals surface area (Å²) >= 11 is 6.48. The van der Waals surface area contributed by atoms with Gasteiger partial charge in [-0.05, 0) is 24.7 Å². The lowest BCUT2D eigenvalue weighted by atomic mass is 10.1. The number of pyridine rings is 1. The highest BCUT2D eigenvalue weighted by atomic mass is 35.5. The highest BCUT2D eigenvalue weighted by Crippen LogP contribution is 2.26. The fourth-order valence-electron chi connectivity index (χ4n) is 2.65. The Morgan fingerprint density at radius 2 is 1.67 bits per heavy atom. The van der Waals surface area contributed by atoms with E-state index in [1.165, 1.54) is 5.56 Å². The Morgan fingerprint density at radius 1 is 0.952 bits per heavy atom. The third-order valence-electron chi connectivity index (χ3n) is 3.66. The highest BCUT2D eigenvalue weighted by Gasteiger charge is 2.19. The molecular formula is C18H18ClN2+. The normalized spacial score (nSPS) is 11.0. The quantitative estimate of drug-likeness (QED) is 0.730. The minimum Gasteiger partial charge on any atom is -0.330 e. The smallest absolute Gasteiger partial charge is 0.214 e. The van der Waals surface area contributed by atoms with Crippen molar-refractivity contribution < 1.29 is 4.57 Å². The minimum atomic E-state index is 0.679. The molecule has 0 aliphatic heterocycles. The van der Waals surface area contributed by atoms with Crippen LogP contribution in [0.25, 0.3) is 22.2 Å². The van der Waals surface area contributed by atoms with E-state index in [9.17, 15) is 0 Å². The van der Waals surface area contributed by atoms with Crippen LogP contribution in [-0.2, 0) is 6.54 Å². The average molecular weight is 298 g/mol. The van der Waals surface area contributed by atoms with E-state index in [0.29, 0.717) is 6.54 Å². The summed E-state index contributed by atoms with van der Waals surface area (Å²) in [6.07, 6.45) is 0.941. The van der Waals surface area contributed by atoms with Gasteiger partial charge in [0.2, 0.25) is 11.2 Å². The third kappa shape index (κ3) is 2.78. The molecule has 0 saturated carbocycles. The van der Waals surface area contributed by atoms with Crippen LogP contribution in [0.5, 0.6) is 0 Å². The Hall–Kier alpha value is -1.90. The zero-order chi connectivity index (χ0) is 14.7. The van der Waals surface area contributed by atoms with E-state index in [0.717, 1.165) is 34.6 Å². The fraction of sp³-hybridized carbons (Fsp3) is 0.167. The van der Waals surface area contributed by atoms with Crippen LogP contribution in [0, 0.1) is 0 Å². The lowest BCUT2D eigenvalue weighted by Crippen LogP contribution is -2.38. The maximum atomic E-state index is 6.48. The van der Waals surface area contributed by atoms with Gasteiger partial charge in [-0.15, -0.1) is 0 Å². The van der Waals surface area contributed by atoms with Gasteiger partial charge >= 0.3 is 0 Å². The number of hydrogen-bond donors (Lipinski definition) is 1. The van der Waals surface area contributed by atoms with Crippen LogP contribution >= 0.6 is 11.6 Å². The molecule has 2 nitrogen and oxygen atoms in total. The zero-order valence-corrected chi connectivity index (χ0v) is 12.6. The van der Waals surface area contributed by atoms with E-state index >= 15 is 0 Å². The third-order valence-corrected chi connectivity index (χ3v) is 3.97. The topological polar surface area (TPSA) is 29.9 Å². The van der Waals surface area contributed by atoms with Gasteiger partial charge < -0.3 is 5.73 Å². The number of nitrogens with zero attached hydrogens (tertiary/aromatic N) is 1. The number of fused-ring (bicyclic) bond motifs is 1. The number of rotatable bonds is 4. The number of halogens is 1. The van der Waals surface area contributed by atoms with Crippen LogP contribution in [0.4, 0.5) is 0 Å². The van der Waals surface area contributed by atoms with Crippen molar-refractivity contribution >= 4 is 22.5 Å². The number of aromatic nitrogens is 1. The second-order valence-electron chi connectivity index (χ2n) is 5.05. The number of benzene rings is 2. The van der Waals surface area contributed by atoms with Gasteiger partial charge in [0.1, 0.15) is 0 Å². The van der Waals surface area contributed by atoms with E-state index in [-0.39, 0.29) is 0 Å². The lowest BCUT2D eigenvalue weighted by molar-refractivity contribution is -0.660. The molecule has 106 valence electrons. The summed E-state index contributed by atoms with van der Waals surface area (Å²) < 4.78 is 2.31. The molecule has 3 aromatic rings. The number of para-hydroxylation sites is 1.